The Morgan fingerprint density at radius 1 is 0.458 bits per heavy atom. The van der Waals surface area contributed by atoms with E-state index in [1.807, 2.05) is 0 Å². The first kappa shape index (κ1) is 32.2. The number of ether oxygens (including phenoxy) is 8. The zero-order chi connectivity index (χ0) is 33.6. The molecule has 4 aromatic carbocycles. The van der Waals surface area contributed by atoms with Crippen LogP contribution in [0, 0.1) is 0 Å². The second-order valence-electron chi connectivity index (χ2n) is 10.8. The second kappa shape index (κ2) is 14.4. The summed E-state index contributed by atoms with van der Waals surface area (Å²) in [4.78, 5) is 50.6. The van der Waals surface area contributed by atoms with E-state index in [1.165, 1.54) is 62.8 Å². The highest BCUT2D eigenvalue weighted by molar-refractivity contribution is 5.93. The molecular formula is C36H30O12. The summed E-state index contributed by atoms with van der Waals surface area (Å²) >= 11 is 0. The Balaban J connectivity index is 0.977. The normalized spacial score (nSPS) is 19.5. The first-order chi connectivity index (χ1) is 23.3. The molecule has 0 spiro atoms. The van der Waals surface area contributed by atoms with E-state index in [-0.39, 0.29) is 35.8 Å². The van der Waals surface area contributed by atoms with Gasteiger partial charge in [-0.05, 0) is 97.1 Å². The van der Waals surface area contributed by atoms with Crippen LogP contribution in [0.3, 0.4) is 0 Å². The highest BCUT2D eigenvalue weighted by Crippen LogP contribution is 2.32. The predicted octanol–water partition coefficient (Wildman–Crippen LogP) is 4.69. The van der Waals surface area contributed by atoms with E-state index in [4.69, 9.17) is 37.9 Å². The lowest BCUT2D eigenvalue weighted by atomic mass is 10.1. The van der Waals surface area contributed by atoms with Crippen LogP contribution in [0.15, 0.2) is 97.1 Å². The number of hydrogen-bond donors (Lipinski definition) is 0. The molecule has 0 aliphatic carbocycles. The van der Waals surface area contributed by atoms with Gasteiger partial charge in [-0.2, -0.15) is 0 Å². The van der Waals surface area contributed by atoms with E-state index in [9.17, 15) is 19.2 Å². The summed E-state index contributed by atoms with van der Waals surface area (Å²) in [6.45, 7) is 0.113. The Morgan fingerprint density at radius 3 is 1.06 bits per heavy atom. The molecule has 48 heavy (non-hydrogen) atoms. The van der Waals surface area contributed by atoms with E-state index in [0.717, 1.165) is 0 Å². The van der Waals surface area contributed by atoms with Crippen LogP contribution in [0.5, 0.6) is 23.0 Å². The van der Waals surface area contributed by atoms with Crippen molar-refractivity contribution >= 4 is 23.9 Å². The van der Waals surface area contributed by atoms with Gasteiger partial charge < -0.3 is 37.9 Å². The molecule has 6 rings (SSSR count). The zero-order valence-corrected chi connectivity index (χ0v) is 25.9. The van der Waals surface area contributed by atoms with Gasteiger partial charge in [0, 0.05) is 0 Å². The fraction of sp³-hybridized carbons (Fsp3) is 0.222. The van der Waals surface area contributed by atoms with Crippen LogP contribution in [0.2, 0.25) is 0 Å². The van der Waals surface area contributed by atoms with Crippen LogP contribution in [0.4, 0.5) is 0 Å². The van der Waals surface area contributed by atoms with Crippen molar-refractivity contribution < 1.29 is 57.1 Å². The summed E-state index contributed by atoms with van der Waals surface area (Å²) in [6, 6.07) is 24.9. The van der Waals surface area contributed by atoms with Crippen molar-refractivity contribution in [2.24, 2.45) is 0 Å². The maximum Gasteiger partial charge on any atom is 0.343 e. The summed E-state index contributed by atoms with van der Waals surface area (Å²) < 4.78 is 43.9. The first-order valence-electron chi connectivity index (χ1n) is 14.9. The quantitative estimate of drug-likeness (QED) is 0.173. The molecule has 0 amide bonds. The van der Waals surface area contributed by atoms with Gasteiger partial charge in [-0.15, -0.1) is 0 Å². The average molecular weight is 655 g/mol. The minimum atomic E-state index is -0.724. The number of fused-ring (bicyclic) bond motifs is 1. The van der Waals surface area contributed by atoms with Gasteiger partial charge in [-0.1, -0.05) is 0 Å². The Kier molecular flexibility index (Phi) is 9.65. The molecule has 0 radical (unpaired) electrons. The number of benzene rings is 4. The molecule has 2 aliphatic rings. The van der Waals surface area contributed by atoms with Crippen molar-refractivity contribution in [2.75, 3.05) is 27.4 Å². The van der Waals surface area contributed by atoms with Crippen LogP contribution in [-0.2, 0) is 18.9 Å². The lowest BCUT2D eigenvalue weighted by molar-refractivity contribution is -0.0287. The van der Waals surface area contributed by atoms with Crippen molar-refractivity contribution in [2.45, 2.75) is 24.4 Å². The van der Waals surface area contributed by atoms with Gasteiger partial charge in [-0.25, -0.2) is 19.2 Å². The average Bonchev–Trinajstić information content (AvgIpc) is 3.71. The minimum Gasteiger partial charge on any atom is -0.497 e. The number of carbonyl (C=O) groups is 4. The van der Waals surface area contributed by atoms with Crippen LogP contribution in [0.1, 0.15) is 41.4 Å². The van der Waals surface area contributed by atoms with E-state index >= 15 is 0 Å². The van der Waals surface area contributed by atoms with Gasteiger partial charge in [0.2, 0.25) is 0 Å². The smallest absolute Gasteiger partial charge is 0.343 e. The molecule has 2 heterocycles. The first-order valence-corrected chi connectivity index (χ1v) is 14.9. The largest absolute Gasteiger partial charge is 0.497 e. The third-order valence-corrected chi connectivity index (χ3v) is 7.73. The molecular weight excluding hydrogens is 624 g/mol. The molecule has 1 unspecified atom stereocenters. The SMILES string of the molecule is COc1ccc(C(=O)Oc2ccc(C(=O)OC3CO[C@H]4[C@@H]3OC[C@H]4OC(=O)c3ccc(OC(=O)c4ccc(OC)cc4)cc3)cc2)cc1. The zero-order valence-electron chi connectivity index (χ0n) is 25.9. The molecule has 4 aromatic rings. The summed E-state index contributed by atoms with van der Waals surface area (Å²) in [6.07, 6.45) is -2.70. The van der Waals surface area contributed by atoms with Crippen LogP contribution in [-0.4, -0.2) is 75.7 Å². The molecule has 2 saturated heterocycles. The molecule has 2 aliphatic heterocycles. The van der Waals surface area contributed by atoms with Gasteiger partial charge in [0.15, 0.2) is 12.2 Å². The fourth-order valence-corrected chi connectivity index (χ4v) is 5.15. The molecule has 4 atom stereocenters. The molecule has 246 valence electrons. The van der Waals surface area contributed by atoms with Crippen LogP contribution in [0.25, 0.3) is 0 Å². The summed E-state index contributed by atoms with van der Waals surface area (Å²) in [5.41, 5.74) is 1.17. The van der Waals surface area contributed by atoms with Gasteiger partial charge in [0.1, 0.15) is 35.2 Å². The molecule has 0 aromatic heterocycles. The lowest BCUT2D eigenvalue weighted by Crippen LogP contribution is -2.36. The number of hydrogen-bond acceptors (Lipinski definition) is 12. The van der Waals surface area contributed by atoms with E-state index in [1.54, 1.807) is 48.5 Å². The highest BCUT2D eigenvalue weighted by atomic mass is 16.7. The third kappa shape index (κ3) is 7.30. The van der Waals surface area contributed by atoms with E-state index < -0.39 is 48.3 Å². The van der Waals surface area contributed by atoms with Crippen molar-refractivity contribution in [3.05, 3.63) is 119 Å². The minimum absolute atomic E-state index is 0.0565. The Hall–Kier alpha value is -5.72. The summed E-state index contributed by atoms with van der Waals surface area (Å²) in [7, 11) is 3.06. The van der Waals surface area contributed by atoms with E-state index in [2.05, 4.69) is 0 Å². The van der Waals surface area contributed by atoms with Gasteiger partial charge in [0.25, 0.3) is 0 Å². The Morgan fingerprint density at radius 2 is 0.750 bits per heavy atom. The fourth-order valence-electron chi connectivity index (χ4n) is 5.15. The second-order valence-corrected chi connectivity index (χ2v) is 10.8. The Labute approximate surface area is 275 Å². The molecule has 0 saturated carbocycles. The van der Waals surface area contributed by atoms with Crippen molar-refractivity contribution in [1.82, 2.24) is 0 Å². The van der Waals surface area contributed by atoms with E-state index in [0.29, 0.717) is 22.6 Å². The van der Waals surface area contributed by atoms with Gasteiger partial charge in [0.05, 0.1) is 49.7 Å². The van der Waals surface area contributed by atoms with Gasteiger partial charge in [-0.3, -0.25) is 0 Å². The number of carbonyl (C=O) groups excluding carboxylic acids is 4. The molecule has 0 N–H and O–H groups in total. The maximum absolute atomic E-state index is 12.9. The van der Waals surface area contributed by atoms with Gasteiger partial charge >= 0.3 is 23.9 Å². The number of esters is 4. The maximum atomic E-state index is 12.9. The molecule has 2 fully saturated rings. The monoisotopic (exact) mass is 654 g/mol. The third-order valence-electron chi connectivity index (χ3n) is 7.73. The van der Waals surface area contributed by atoms with Crippen LogP contribution < -0.4 is 18.9 Å². The van der Waals surface area contributed by atoms with Crippen molar-refractivity contribution in [3.63, 3.8) is 0 Å². The Bertz CT molecular complexity index is 1630. The summed E-state index contributed by atoms with van der Waals surface area (Å²) in [5, 5.41) is 0. The van der Waals surface area contributed by atoms with Crippen molar-refractivity contribution in [3.8, 4) is 23.0 Å². The molecule has 12 heteroatoms. The number of rotatable bonds is 10. The lowest BCUT2D eigenvalue weighted by Gasteiger charge is -2.17. The highest BCUT2D eigenvalue weighted by Gasteiger charge is 2.51. The van der Waals surface area contributed by atoms with Crippen LogP contribution >= 0.6 is 0 Å². The standard InChI is InChI=1S/C36H30O12/c1-41-25-11-3-21(4-12-25)33(37)45-27-15-7-23(8-16-27)35(39)47-29-19-43-32-30(20-44-31(29)32)48-36(40)24-9-17-28(18-10-24)46-34(38)22-5-13-26(42-2)14-6-22/h3-18,29-32H,19-20H2,1-2H3/t29-,30?,31-,32-/m1/s1. The predicted molar refractivity (Wildman–Crippen MR) is 167 cm³/mol. The number of methoxy groups -OCH3 is 2. The van der Waals surface area contributed by atoms with Crippen molar-refractivity contribution in [1.29, 1.82) is 0 Å². The molecule has 0 bridgehead atoms. The summed E-state index contributed by atoms with van der Waals surface area (Å²) in [5.74, 6) is -0.609. The molecule has 12 nitrogen and oxygen atoms in total. The topological polar surface area (TPSA) is 142 Å².